The highest BCUT2D eigenvalue weighted by molar-refractivity contribution is 8.13. The molecule has 196 valence electrons. The topological polar surface area (TPSA) is 89.5 Å². The molecule has 37 heavy (non-hydrogen) atoms. The number of hydrogen-bond donors (Lipinski definition) is 1. The normalized spacial score (nSPS) is 17.2. The fourth-order valence-electron chi connectivity index (χ4n) is 4.33. The van der Waals surface area contributed by atoms with Crippen LogP contribution in [0.25, 0.3) is 0 Å². The Morgan fingerprint density at radius 3 is 2.57 bits per heavy atom. The number of aliphatic imine (C=N–C) groups is 1. The van der Waals surface area contributed by atoms with Gasteiger partial charge in [-0.1, -0.05) is 37.7 Å². The van der Waals surface area contributed by atoms with E-state index in [2.05, 4.69) is 10.2 Å². The first-order valence-electron chi connectivity index (χ1n) is 12.3. The molecule has 0 saturated carbocycles. The highest BCUT2D eigenvalue weighted by Crippen LogP contribution is 2.40. The molecule has 1 N–H and O–H groups in total. The second kappa shape index (κ2) is 11.7. The molecule has 4 rings (SSSR count). The first-order valence-corrected chi connectivity index (χ1v) is 13.3. The molecule has 0 aromatic heterocycles. The Morgan fingerprint density at radius 2 is 1.89 bits per heavy atom. The van der Waals surface area contributed by atoms with Crippen LogP contribution in [0.1, 0.15) is 49.2 Å². The van der Waals surface area contributed by atoms with E-state index in [4.69, 9.17) is 19.2 Å². The molecule has 8 nitrogen and oxygen atoms in total. The molecule has 0 radical (unpaired) electrons. The molecule has 1 atom stereocenters. The maximum atomic E-state index is 13.2. The molecule has 1 saturated heterocycles. The molecule has 9 heteroatoms. The van der Waals surface area contributed by atoms with Crippen molar-refractivity contribution in [3.63, 3.8) is 0 Å². The van der Waals surface area contributed by atoms with E-state index in [-0.39, 0.29) is 23.8 Å². The quantitative estimate of drug-likeness (QED) is 0.471. The summed E-state index contributed by atoms with van der Waals surface area (Å²) in [6.45, 7) is 7.06. The summed E-state index contributed by atoms with van der Waals surface area (Å²) < 4.78 is 16.2. The lowest BCUT2D eigenvalue weighted by Gasteiger charge is -2.40. The maximum absolute atomic E-state index is 13.2. The van der Waals surface area contributed by atoms with Crippen LogP contribution in [0, 0.1) is 5.92 Å². The number of ether oxygens (including phenoxy) is 3. The van der Waals surface area contributed by atoms with Gasteiger partial charge in [-0.25, -0.2) is 9.79 Å². The van der Waals surface area contributed by atoms with Crippen molar-refractivity contribution >= 4 is 34.5 Å². The zero-order valence-corrected chi connectivity index (χ0v) is 22.7. The second-order valence-corrected chi connectivity index (χ2v) is 10.4. The fraction of sp³-hybridized carbons (Fsp3) is 0.393. The van der Waals surface area contributed by atoms with E-state index in [0.717, 1.165) is 29.4 Å². The predicted octanol–water partition coefficient (Wildman–Crippen LogP) is 5.28. The van der Waals surface area contributed by atoms with Crippen molar-refractivity contribution in [3.05, 3.63) is 64.9 Å². The number of esters is 1. The van der Waals surface area contributed by atoms with E-state index in [1.165, 1.54) is 7.11 Å². The number of benzene rings is 2. The number of amides is 1. The van der Waals surface area contributed by atoms with Gasteiger partial charge in [0.25, 0.3) is 5.91 Å². The fourth-order valence-corrected chi connectivity index (χ4v) is 5.35. The van der Waals surface area contributed by atoms with Crippen LogP contribution in [-0.2, 0) is 9.53 Å². The van der Waals surface area contributed by atoms with Gasteiger partial charge in [0.1, 0.15) is 11.5 Å². The van der Waals surface area contributed by atoms with Gasteiger partial charge in [0.15, 0.2) is 5.17 Å². The standard InChI is InChI=1S/C28H33N3O5S/c1-17(2)16-36-27(33)24-18(3)29-28-31(13-6-14-37-28)25(24)19-7-9-20(10-8-19)30-26(32)22-12-11-21(34-4)15-23(22)35-5/h7-12,15,17,25H,6,13-14,16H2,1-5H3,(H,30,32)/t25-/m1/s1. The Labute approximate surface area is 222 Å². The average Bonchev–Trinajstić information content (AvgIpc) is 2.91. The first-order chi connectivity index (χ1) is 17.8. The summed E-state index contributed by atoms with van der Waals surface area (Å²) in [5.74, 6) is 1.65. The number of nitrogens with zero attached hydrogens (tertiary/aromatic N) is 2. The van der Waals surface area contributed by atoms with Gasteiger partial charge < -0.3 is 24.4 Å². The van der Waals surface area contributed by atoms with Crippen molar-refractivity contribution < 1.29 is 23.8 Å². The summed E-state index contributed by atoms with van der Waals surface area (Å²) in [5.41, 5.74) is 3.22. The maximum Gasteiger partial charge on any atom is 0.338 e. The van der Waals surface area contributed by atoms with Gasteiger partial charge in [0.05, 0.1) is 43.7 Å². The van der Waals surface area contributed by atoms with Gasteiger partial charge >= 0.3 is 5.97 Å². The molecule has 2 heterocycles. The minimum atomic E-state index is -0.335. The van der Waals surface area contributed by atoms with Gasteiger partial charge in [-0.2, -0.15) is 0 Å². The van der Waals surface area contributed by atoms with Gasteiger partial charge in [-0.05, 0) is 49.1 Å². The molecule has 2 aliphatic rings. The molecule has 2 aromatic carbocycles. The molecule has 0 unspecified atom stereocenters. The summed E-state index contributed by atoms with van der Waals surface area (Å²) in [6, 6.07) is 12.3. The summed E-state index contributed by atoms with van der Waals surface area (Å²) in [6.07, 6.45) is 1.01. The zero-order chi connectivity index (χ0) is 26.5. The van der Waals surface area contributed by atoms with Crippen LogP contribution in [0.5, 0.6) is 11.5 Å². The van der Waals surface area contributed by atoms with Gasteiger partial charge in [0, 0.05) is 24.1 Å². The number of fused-ring (bicyclic) bond motifs is 1. The first kappa shape index (κ1) is 26.6. The molecule has 1 amide bonds. The number of methoxy groups -OCH3 is 2. The SMILES string of the molecule is COc1ccc(C(=O)Nc2ccc([C@@H]3C(C(=O)OCC(C)C)=C(C)N=C4SCCCN43)cc2)c(OC)c1. The molecule has 2 aliphatic heterocycles. The Morgan fingerprint density at radius 1 is 1.14 bits per heavy atom. The van der Waals surface area contributed by atoms with E-state index in [1.807, 2.05) is 45.0 Å². The lowest BCUT2D eigenvalue weighted by molar-refractivity contribution is -0.140. The number of anilines is 1. The summed E-state index contributed by atoms with van der Waals surface area (Å²) >= 11 is 1.71. The Hall–Kier alpha value is -3.46. The Kier molecular flexibility index (Phi) is 8.43. The van der Waals surface area contributed by atoms with Crippen LogP contribution < -0.4 is 14.8 Å². The van der Waals surface area contributed by atoms with Gasteiger partial charge in [-0.15, -0.1) is 0 Å². The van der Waals surface area contributed by atoms with Gasteiger partial charge in [0.2, 0.25) is 0 Å². The van der Waals surface area contributed by atoms with Crippen LogP contribution in [0.4, 0.5) is 5.69 Å². The van der Waals surface area contributed by atoms with E-state index >= 15 is 0 Å². The van der Waals surface area contributed by atoms with E-state index in [1.54, 1.807) is 37.1 Å². The number of hydrogen-bond acceptors (Lipinski definition) is 8. The number of amidine groups is 1. The van der Waals surface area contributed by atoms with Crippen molar-refractivity contribution in [1.29, 1.82) is 0 Å². The van der Waals surface area contributed by atoms with Crippen LogP contribution in [0.3, 0.4) is 0 Å². The molecule has 2 aromatic rings. The number of carbonyl (C=O) groups is 2. The molecule has 0 bridgehead atoms. The summed E-state index contributed by atoms with van der Waals surface area (Å²) in [5, 5.41) is 3.86. The number of rotatable bonds is 8. The zero-order valence-electron chi connectivity index (χ0n) is 21.9. The number of carbonyl (C=O) groups excluding carboxylic acids is 2. The van der Waals surface area contributed by atoms with E-state index in [9.17, 15) is 9.59 Å². The Balaban J connectivity index is 1.59. The van der Waals surface area contributed by atoms with Crippen LogP contribution in [0.2, 0.25) is 0 Å². The van der Waals surface area contributed by atoms with Crippen molar-refractivity contribution in [3.8, 4) is 11.5 Å². The third-order valence-corrected chi connectivity index (χ3v) is 7.24. The van der Waals surface area contributed by atoms with E-state index < -0.39 is 0 Å². The highest BCUT2D eigenvalue weighted by atomic mass is 32.2. The third kappa shape index (κ3) is 5.93. The molecule has 1 fully saturated rings. The number of nitrogens with one attached hydrogen (secondary N) is 1. The predicted molar refractivity (Wildman–Crippen MR) is 146 cm³/mol. The van der Waals surface area contributed by atoms with E-state index in [0.29, 0.717) is 40.6 Å². The smallest absolute Gasteiger partial charge is 0.338 e. The van der Waals surface area contributed by atoms with Crippen LogP contribution >= 0.6 is 11.8 Å². The van der Waals surface area contributed by atoms with Crippen molar-refractivity contribution in [2.75, 3.05) is 38.4 Å². The van der Waals surface area contributed by atoms with Crippen molar-refractivity contribution in [1.82, 2.24) is 4.90 Å². The van der Waals surface area contributed by atoms with Crippen molar-refractivity contribution in [2.24, 2.45) is 10.9 Å². The molecular formula is C28H33N3O5S. The lowest BCUT2D eigenvalue weighted by atomic mass is 9.94. The second-order valence-electron chi connectivity index (χ2n) is 9.33. The molecule has 0 aliphatic carbocycles. The lowest BCUT2D eigenvalue weighted by Crippen LogP contribution is -2.42. The van der Waals surface area contributed by atoms with Crippen molar-refractivity contribution in [2.45, 2.75) is 33.2 Å². The largest absolute Gasteiger partial charge is 0.497 e. The summed E-state index contributed by atoms with van der Waals surface area (Å²) in [7, 11) is 3.08. The minimum Gasteiger partial charge on any atom is -0.497 e. The monoisotopic (exact) mass is 523 g/mol. The average molecular weight is 524 g/mol. The van der Waals surface area contributed by atoms with Crippen LogP contribution in [0.15, 0.2) is 58.7 Å². The van der Waals surface area contributed by atoms with Crippen LogP contribution in [-0.4, -0.2) is 55.1 Å². The third-order valence-electron chi connectivity index (χ3n) is 6.16. The highest BCUT2D eigenvalue weighted by Gasteiger charge is 2.38. The molecular weight excluding hydrogens is 490 g/mol. The molecule has 0 spiro atoms. The Bertz CT molecular complexity index is 1220. The van der Waals surface area contributed by atoms with Gasteiger partial charge in [-0.3, -0.25) is 4.79 Å². The number of allylic oxidation sites excluding steroid dienone is 1. The number of thioether (sulfide) groups is 1. The summed E-state index contributed by atoms with van der Waals surface area (Å²) in [4.78, 5) is 33.1. The minimum absolute atomic E-state index is 0.240.